The van der Waals surface area contributed by atoms with Gasteiger partial charge in [0.15, 0.2) is 0 Å². The number of hydroxylamine groups is 1. The third-order valence-electron chi connectivity index (χ3n) is 1.08. The lowest BCUT2D eigenvalue weighted by molar-refractivity contribution is -0.124. The molecular weight excluding hydrogens is 162 g/mol. The van der Waals surface area contributed by atoms with Crippen LogP contribution in [-0.2, 0) is 4.79 Å². The summed E-state index contributed by atoms with van der Waals surface area (Å²) in [7, 11) is 0. The minimum absolute atomic E-state index is 0.517. The van der Waals surface area contributed by atoms with E-state index in [4.69, 9.17) is 5.21 Å². The Bertz CT molecular complexity index is 253. The van der Waals surface area contributed by atoms with Gasteiger partial charge in [0.1, 0.15) is 0 Å². The van der Waals surface area contributed by atoms with Gasteiger partial charge in [0.05, 0.1) is 0 Å². The second-order valence-electron chi connectivity index (χ2n) is 1.87. The maximum atomic E-state index is 10.5. The molecular formula is C7H7NO2S. The third-order valence-corrected chi connectivity index (χ3v) is 1.78. The van der Waals surface area contributed by atoms with Gasteiger partial charge in [-0.2, -0.15) is 11.3 Å². The van der Waals surface area contributed by atoms with Gasteiger partial charge in [0.25, 0.3) is 5.91 Å². The van der Waals surface area contributed by atoms with Crippen LogP contribution in [0.2, 0.25) is 0 Å². The maximum Gasteiger partial charge on any atom is 0.267 e. The van der Waals surface area contributed by atoms with Crippen LogP contribution in [-0.4, -0.2) is 11.1 Å². The van der Waals surface area contributed by atoms with Crippen molar-refractivity contribution in [3.63, 3.8) is 0 Å². The normalized spacial score (nSPS) is 10.3. The number of hydrogen-bond acceptors (Lipinski definition) is 3. The molecule has 0 aromatic carbocycles. The summed E-state index contributed by atoms with van der Waals surface area (Å²) in [5.74, 6) is -0.517. The SMILES string of the molecule is O=C(/C=C/c1ccsc1)NO. The lowest BCUT2D eigenvalue weighted by atomic mass is 10.3. The molecule has 0 atom stereocenters. The molecule has 0 radical (unpaired) electrons. The lowest BCUT2D eigenvalue weighted by Crippen LogP contribution is -2.14. The van der Waals surface area contributed by atoms with Crippen molar-refractivity contribution in [2.24, 2.45) is 0 Å². The van der Waals surface area contributed by atoms with Crippen LogP contribution < -0.4 is 5.48 Å². The number of rotatable bonds is 2. The Kier molecular flexibility index (Phi) is 2.83. The molecule has 58 valence electrons. The molecule has 0 unspecified atom stereocenters. The molecule has 0 aliphatic rings. The first-order valence-electron chi connectivity index (χ1n) is 2.97. The molecule has 11 heavy (non-hydrogen) atoms. The minimum Gasteiger partial charge on any atom is -0.288 e. The van der Waals surface area contributed by atoms with Crippen molar-refractivity contribution in [3.8, 4) is 0 Å². The number of carbonyl (C=O) groups is 1. The van der Waals surface area contributed by atoms with E-state index in [1.165, 1.54) is 11.6 Å². The highest BCUT2D eigenvalue weighted by Gasteiger charge is 1.89. The van der Waals surface area contributed by atoms with Crippen LogP contribution in [0.4, 0.5) is 0 Å². The monoisotopic (exact) mass is 169 g/mol. The van der Waals surface area contributed by atoms with Crippen LogP contribution in [0.3, 0.4) is 0 Å². The summed E-state index contributed by atoms with van der Waals surface area (Å²) in [4.78, 5) is 10.5. The third kappa shape index (κ3) is 2.53. The number of amides is 1. The van der Waals surface area contributed by atoms with Gasteiger partial charge in [-0.15, -0.1) is 0 Å². The number of carbonyl (C=O) groups excluding carboxylic acids is 1. The Morgan fingerprint density at radius 3 is 3.09 bits per heavy atom. The number of hydrogen-bond donors (Lipinski definition) is 2. The van der Waals surface area contributed by atoms with E-state index in [1.54, 1.807) is 17.4 Å². The highest BCUT2D eigenvalue weighted by molar-refractivity contribution is 7.08. The predicted molar refractivity (Wildman–Crippen MR) is 43.3 cm³/mol. The zero-order valence-electron chi connectivity index (χ0n) is 5.65. The first-order valence-corrected chi connectivity index (χ1v) is 3.91. The first-order chi connectivity index (χ1) is 5.33. The van der Waals surface area contributed by atoms with Crippen molar-refractivity contribution >= 4 is 23.3 Å². The molecule has 3 nitrogen and oxygen atoms in total. The van der Waals surface area contributed by atoms with E-state index < -0.39 is 5.91 Å². The average molecular weight is 169 g/mol. The standard InChI is InChI=1S/C7H7NO2S/c9-7(8-10)2-1-6-3-4-11-5-6/h1-5,10H,(H,8,9)/b2-1+. The molecule has 0 spiro atoms. The van der Waals surface area contributed by atoms with E-state index in [0.717, 1.165) is 5.56 Å². The average Bonchev–Trinajstić information content (AvgIpc) is 2.52. The van der Waals surface area contributed by atoms with E-state index in [0.29, 0.717) is 0 Å². The van der Waals surface area contributed by atoms with Crippen molar-refractivity contribution in [3.05, 3.63) is 28.5 Å². The summed E-state index contributed by atoms with van der Waals surface area (Å²) in [6.45, 7) is 0. The quantitative estimate of drug-likeness (QED) is 0.398. The fourth-order valence-electron chi connectivity index (χ4n) is 0.579. The molecule has 0 aliphatic heterocycles. The van der Waals surface area contributed by atoms with Gasteiger partial charge in [0.2, 0.25) is 0 Å². The van der Waals surface area contributed by atoms with Crippen molar-refractivity contribution in [1.29, 1.82) is 0 Å². The van der Waals surface area contributed by atoms with Gasteiger partial charge in [-0.25, -0.2) is 5.48 Å². The van der Waals surface area contributed by atoms with E-state index >= 15 is 0 Å². The van der Waals surface area contributed by atoms with E-state index in [9.17, 15) is 4.79 Å². The van der Waals surface area contributed by atoms with Crippen molar-refractivity contribution < 1.29 is 10.0 Å². The van der Waals surface area contributed by atoms with E-state index in [1.807, 2.05) is 16.8 Å². The van der Waals surface area contributed by atoms with Gasteiger partial charge < -0.3 is 0 Å². The molecule has 1 amide bonds. The van der Waals surface area contributed by atoms with Crippen LogP contribution in [0.5, 0.6) is 0 Å². The van der Waals surface area contributed by atoms with Crippen LogP contribution in [0.1, 0.15) is 5.56 Å². The largest absolute Gasteiger partial charge is 0.288 e. The second-order valence-corrected chi connectivity index (χ2v) is 2.65. The Labute approximate surface area is 67.9 Å². The predicted octanol–water partition coefficient (Wildman–Crippen LogP) is 1.27. The Hall–Kier alpha value is -1.13. The second kappa shape index (κ2) is 3.90. The molecule has 0 fully saturated rings. The van der Waals surface area contributed by atoms with Crippen LogP contribution in [0, 0.1) is 0 Å². The zero-order valence-corrected chi connectivity index (χ0v) is 6.47. The summed E-state index contributed by atoms with van der Waals surface area (Å²) in [5, 5.41) is 11.9. The van der Waals surface area contributed by atoms with Crippen LogP contribution >= 0.6 is 11.3 Å². The molecule has 1 rings (SSSR count). The van der Waals surface area contributed by atoms with Gasteiger partial charge >= 0.3 is 0 Å². The summed E-state index contributed by atoms with van der Waals surface area (Å²) < 4.78 is 0. The van der Waals surface area contributed by atoms with Gasteiger partial charge in [-0.1, -0.05) is 0 Å². The van der Waals surface area contributed by atoms with Gasteiger partial charge in [-0.3, -0.25) is 10.0 Å². The van der Waals surface area contributed by atoms with Crippen molar-refractivity contribution in [2.75, 3.05) is 0 Å². The Morgan fingerprint density at radius 1 is 1.73 bits per heavy atom. The van der Waals surface area contributed by atoms with Crippen molar-refractivity contribution in [2.45, 2.75) is 0 Å². The maximum absolute atomic E-state index is 10.5. The van der Waals surface area contributed by atoms with Crippen LogP contribution in [0.15, 0.2) is 22.9 Å². The molecule has 4 heteroatoms. The first kappa shape index (κ1) is 7.97. The Morgan fingerprint density at radius 2 is 2.55 bits per heavy atom. The highest BCUT2D eigenvalue weighted by atomic mass is 32.1. The molecule has 2 N–H and O–H groups in total. The summed E-state index contributed by atoms with van der Waals surface area (Å²) >= 11 is 1.55. The summed E-state index contributed by atoms with van der Waals surface area (Å²) in [6, 6.07) is 1.88. The zero-order chi connectivity index (χ0) is 8.10. The molecule has 0 saturated heterocycles. The molecule has 0 aliphatic carbocycles. The smallest absolute Gasteiger partial charge is 0.267 e. The Balaban J connectivity index is 2.55. The van der Waals surface area contributed by atoms with Gasteiger partial charge in [-0.05, 0) is 28.5 Å². The molecule has 1 aromatic rings. The number of thiophene rings is 1. The van der Waals surface area contributed by atoms with E-state index in [2.05, 4.69) is 0 Å². The van der Waals surface area contributed by atoms with Gasteiger partial charge in [0, 0.05) is 6.08 Å². The number of nitrogens with one attached hydrogen (secondary N) is 1. The lowest BCUT2D eigenvalue weighted by Gasteiger charge is -1.86. The summed E-state index contributed by atoms with van der Waals surface area (Å²) in [6.07, 6.45) is 2.89. The fourth-order valence-corrected chi connectivity index (χ4v) is 1.21. The fraction of sp³-hybridized carbons (Fsp3) is 0. The highest BCUT2D eigenvalue weighted by Crippen LogP contribution is 2.06. The molecule has 1 heterocycles. The molecule has 0 bridgehead atoms. The molecule has 1 aromatic heterocycles. The minimum atomic E-state index is -0.517. The summed E-state index contributed by atoms with van der Waals surface area (Å²) in [5.41, 5.74) is 2.46. The topological polar surface area (TPSA) is 49.3 Å². The van der Waals surface area contributed by atoms with Crippen LogP contribution in [0.25, 0.3) is 6.08 Å². The van der Waals surface area contributed by atoms with Crippen molar-refractivity contribution in [1.82, 2.24) is 5.48 Å². The van der Waals surface area contributed by atoms with E-state index in [-0.39, 0.29) is 0 Å². The molecule has 0 saturated carbocycles.